The van der Waals surface area contributed by atoms with Crippen LogP contribution >= 0.6 is 0 Å². The molecule has 0 aliphatic carbocycles. The molecule has 0 aliphatic rings. The van der Waals surface area contributed by atoms with E-state index >= 15 is 0 Å². The van der Waals surface area contributed by atoms with Gasteiger partial charge in [0.15, 0.2) is 0 Å². The SMILES string of the molecule is CCCOc1cccc(C(=O)NC(CC)c2ncc(-c3ccccc3)[nH]2)c1. The molecule has 140 valence electrons. The summed E-state index contributed by atoms with van der Waals surface area (Å²) in [4.78, 5) is 20.5. The Hall–Kier alpha value is -3.08. The van der Waals surface area contributed by atoms with Crippen LogP contribution in [0.25, 0.3) is 11.3 Å². The number of amides is 1. The Bertz CT molecular complexity index is 874. The summed E-state index contributed by atoms with van der Waals surface area (Å²) in [5, 5.41) is 3.06. The van der Waals surface area contributed by atoms with E-state index < -0.39 is 0 Å². The van der Waals surface area contributed by atoms with E-state index in [-0.39, 0.29) is 11.9 Å². The summed E-state index contributed by atoms with van der Waals surface area (Å²) in [6.07, 6.45) is 3.47. The van der Waals surface area contributed by atoms with E-state index in [4.69, 9.17) is 4.74 Å². The number of ether oxygens (including phenoxy) is 1. The maximum atomic E-state index is 12.7. The molecule has 1 atom stereocenters. The lowest BCUT2D eigenvalue weighted by atomic mass is 10.1. The van der Waals surface area contributed by atoms with E-state index in [1.807, 2.05) is 49.4 Å². The second-order valence-electron chi connectivity index (χ2n) is 6.36. The minimum Gasteiger partial charge on any atom is -0.494 e. The fourth-order valence-electron chi connectivity index (χ4n) is 2.83. The molecule has 0 saturated heterocycles. The lowest BCUT2D eigenvalue weighted by Crippen LogP contribution is -2.28. The monoisotopic (exact) mass is 363 g/mol. The lowest BCUT2D eigenvalue weighted by Gasteiger charge is -2.15. The van der Waals surface area contributed by atoms with Gasteiger partial charge in [0, 0.05) is 5.56 Å². The first-order valence-electron chi connectivity index (χ1n) is 9.35. The summed E-state index contributed by atoms with van der Waals surface area (Å²) in [5.41, 5.74) is 2.59. The first-order valence-corrected chi connectivity index (χ1v) is 9.35. The van der Waals surface area contributed by atoms with Crippen molar-refractivity contribution in [2.75, 3.05) is 6.61 Å². The molecule has 5 nitrogen and oxygen atoms in total. The topological polar surface area (TPSA) is 67.0 Å². The van der Waals surface area contributed by atoms with Crippen LogP contribution < -0.4 is 10.1 Å². The molecule has 2 aromatic carbocycles. The van der Waals surface area contributed by atoms with Crippen molar-refractivity contribution in [1.29, 1.82) is 0 Å². The van der Waals surface area contributed by atoms with Crippen molar-refractivity contribution < 1.29 is 9.53 Å². The molecular formula is C22H25N3O2. The Morgan fingerprint density at radius 3 is 2.70 bits per heavy atom. The number of benzene rings is 2. The Morgan fingerprint density at radius 2 is 1.96 bits per heavy atom. The van der Waals surface area contributed by atoms with Gasteiger partial charge in [0.1, 0.15) is 11.6 Å². The number of nitrogens with zero attached hydrogens (tertiary/aromatic N) is 1. The summed E-state index contributed by atoms with van der Waals surface area (Å²) in [6, 6.07) is 17.1. The zero-order valence-corrected chi connectivity index (χ0v) is 15.7. The highest BCUT2D eigenvalue weighted by molar-refractivity contribution is 5.94. The number of hydrogen-bond donors (Lipinski definition) is 2. The Morgan fingerprint density at radius 1 is 1.15 bits per heavy atom. The smallest absolute Gasteiger partial charge is 0.252 e. The number of aromatic amines is 1. The van der Waals surface area contributed by atoms with Gasteiger partial charge in [-0.3, -0.25) is 4.79 Å². The van der Waals surface area contributed by atoms with Gasteiger partial charge in [-0.15, -0.1) is 0 Å². The third-order valence-electron chi connectivity index (χ3n) is 4.29. The third kappa shape index (κ3) is 4.76. The first kappa shape index (κ1) is 18.7. The number of aromatic nitrogens is 2. The van der Waals surface area contributed by atoms with Crippen LogP contribution in [-0.4, -0.2) is 22.5 Å². The van der Waals surface area contributed by atoms with E-state index in [0.717, 1.165) is 29.9 Å². The van der Waals surface area contributed by atoms with Gasteiger partial charge in [-0.1, -0.05) is 50.2 Å². The first-order chi connectivity index (χ1) is 13.2. The average Bonchev–Trinajstić information content (AvgIpc) is 3.21. The van der Waals surface area contributed by atoms with Crippen molar-refractivity contribution in [3.63, 3.8) is 0 Å². The predicted octanol–water partition coefficient (Wildman–Crippen LogP) is 4.75. The normalized spacial score (nSPS) is 11.8. The highest BCUT2D eigenvalue weighted by Gasteiger charge is 2.17. The van der Waals surface area contributed by atoms with Crippen LogP contribution in [0.1, 0.15) is 48.9 Å². The van der Waals surface area contributed by atoms with Gasteiger partial charge in [0.2, 0.25) is 0 Å². The number of H-pyrrole nitrogens is 1. The van der Waals surface area contributed by atoms with Crippen molar-refractivity contribution >= 4 is 5.91 Å². The van der Waals surface area contributed by atoms with Crippen LogP contribution in [0, 0.1) is 0 Å². The fourth-order valence-corrected chi connectivity index (χ4v) is 2.83. The number of hydrogen-bond acceptors (Lipinski definition) is 3. The van der Waals surface area contributed by atoms with E-state index in [9.17, 15) is 4.79 Å². The van der Waals surface area contributed by atoms with Gasteiger partial charge >= 0.3 is 0 Å². The Labute approximate surface area is 159 Å². The van der Waals surface area contributed by atoms with Crippen molar-refractivity contribution in [1.82, 2.24) is 15.3 Å². The summed E-state index contributed by atoms with van der Waals surface area (Å²) in [7, 11) is 0. The molecule has 1 amide bonds. The Balaban J connectivity index is 1.72. The molecule has 1 heterocycles. The van der Waals surface area contributed by atoms with E-state index in [1.165, 1.54) is 0 Å². The number of nitrogens with one attached hydrogen (secondary N) is 2. The number of carbonyl (C=O) groups is 1. The second kappa shape index (κ2) is 9.03. The zero-order chi connectivity index (χ0) is 19.1. The molecule has 1 aromatic heterocycles. The molecule has 0 fully saturated rings. The molecule has 2 N–H and O–H groups in total. The predicted molar refractivity (Wildman–Crippen MR) is 107 cm³/mol. The van der Waals surface area contributed by atoms with Crippen molar-refractivity contribution in [2.45, 2.75) is 32.7 Å². The third-order valence-corrected chi connectivity index (χ3v) is 4.29. The van der Waals surface area contributed by atoms with Crippen molar-refractivity contribution in [2.24, 2.45) is 0 Å². The molecule has 0 bridgehead atoms. The quantitative estimate of drug-likeness (QED) is 0.607. The van der Waals surface area contributed by atoms with E-state index in [2.05, 4.69) is 22.2 Å². The summed E-state index contributed by atoms with van der Waals surface area (Å²) < 4.78 is 5.62. The van der Waals surface area contributed by atoms with Crippen LogP contribution in [0.3, 0.4) is 0 Å². The van der Waals surface area contributed by atoms with E-state index in [0.29, 0.717) is 17.9 Å². The molecule has 0 saturated carbocycles. The van der Waals surface area contributed by atoms with Gasteiger partial charge in [-0.2, -0.15) is 0 Å². The number of imidazole rings is 1. The number of rotatable bonds is 8. The molecule has 3 aromatic rings. The molecule has 1 unspecified atom stereocenters. The second-order valence-corrected chi connectivity index (χ2v) is 6.36. The summed E-state index contributed by atoms with van der Waals surface area (Å²) >= 11 is 0. The highest BCUT2D eigenvalue weighted by Crippen LogP contribution is 2.21. The van der Waals surface area contributed by atoms with Crippen LogP contribution in [0.2, 0.25) is 0 Å². The van der Waals surface area contributed by atoms with Gasteiger partial charge in [-0.25, -0.2) is 4.98 Å². The maximum Gasteiger partial charge on any atom is 0.252 e. The summed E-state index contributed by atoms with van der Waals surface area (Å²) in [5.74, 6) is 1.33. The van der Waals surface area contributed by atoms with Gasteiger partial charge < -0.3 is 15.0 Å². The molecule has 0 aliphatic heterocycles. The molecular weight excluding hydrogens is 338 g/mol. The molecule has 27 heavy (non-hydrogen) atoms. The molecule has 3 rings (SSSR count). The van der Waals surface area contributed by atoms with E-state index in [1.54, 1.807) is 18.3 Å². The highest BCUT2D eigenvalue weighted by atomic mass is 16.5. The lowest BCUT2D eigenvalue weighted by molar-refractivity contribution is 0.0933. The van der Waals surface area contributed by atoms with Gasteiger partial charge in [0.25, 0.3) is 5.91 Å². The largest absolute Gasteiger partial charge is 0.494 e. The molecule has 5 heteroatoms. The summed E-state index contributed by atoms with van der Waals surface area (Å²) in [6.45, 7) is 4.71. The maximum absolute atomic E-state index is 12.7. The van der Waals surface area contributed by atoms with Gasteiger partial charge in [0.05, 0.1) is 24.5 Å². The average molecular weight is 363 g/mol. The van der Waals surface area contributed by atoms with Crippen LogP contribution in [0.4, 0.5) is 0 Å². The number of carbonyl (C=O) groups excluding carboxylic acids is 1. The van der Waals surface area contributed by atoms with Crippen molar-refractivity contribution in [3.8, 4) is 17.0 Å². The molecule has 0 radical (unpaired) electrons. The van der Waals surface area contributed by atoms with Gasteiger partial charge in [-0.05, 0) is 36.6 Å². The standard InChI is InChI=1S/C22H25N3O2/c1-3-13-27-18-12-8-11-17(14-18)22(26)25-19(4-2)21-23-15-20(24-21)16-9-6-5-7-10-16/h5-12,14-15,19H,3-4,13H2,1-2H3,(H,23,24)(H,25,26). The van der Waals surface area contributed by atoms with Crippen LogP contribution in [-0.2, 0) is 0 Å². The fraction of sp³-hybridized carbons (Fsp3) is 0.273. The van der Waals surface area contributed by atoms with Crippen LogP contribution in [0.5, 0.6) is 5.75 Å². The minimum atomic E-state index is -0.185. The Kier molecular flexibility index (Phi) is 6.26. The zero-order valence-electron chi connectivity index (χ0n) is 15.7. The van der Waals surface area contributed by atoms with Crippen LogP contribution in [0.15, 0.2) is 60.8 Å². The van der Waals surface area contributed by atoms with Crippen molar-refractivity contribution in [3.05, 3.63) is 72.2 Å². The molecule has 0 spiro atoms. The minimum absolute atomic E-state index is 0.138.